The second-order valence-electron chi connectivity index (χ2n) is 4.97. The van der Waals surface area contributed by atoms with Gasteiger partial charge in [-0.2, -0.15) is 0 Å². The Morgan fingerprint density at radius 2 is 1.82 bits per heavy atom. The van der Waals surface area contributed by atoms with Gasteiger partial charge in [0.1, 0.15) is 5.01 Å². The lowest BCUT2D eigenvalue weighted by molar-refractivity contribution is 0.0862. The average Bonchev–Trinajstić information content (AvgIpc) is 2.77. The molecular formula is C14H15NOS. The molecule has 0 amide bonds. The van der Waals surface area contributed by atoms with Gasteiger partial charge in [0.05, 0.1) is 4.88 Å². The summed E-state index contributed by atoms with van der Waals surface area (Å²) in [7, 11) is 0. The van der Waals surface area contributed by atoms with Gasteiger partial charge in [-0.1, -0.05) is 51.1 Å². The summed E-state index contributed by atoms with van der Waals surface area (Å²) >= 11 is 1.46. The quantitative estimate of drug-likeness (QED) is 0.747. The summed E-state index contributed by atoms with van der Waals surface area (Å²) in [5.41, 5.74) is 0.714. The molecule has 0 saturated heterocycles. The minimum absolute atomic E-state index is 0.150. The third kappa shape index (κ3) is 2.61. The Morgan fingerprint density at radius 1 is 1.18 bits per heavy atom. The Kier molecular flexibility index (Phi) is 3.11. The number of hydrogen-bond acceptors (Lipinski definition) is 3. The van der Waals surface area contributed by atoms with Crippen molar-refractivity contribution in [3.05, 3.63) is 41.4 Å². The number of carbonyl (C=O) groups excluding carboxylic acids is 1. The van der Waals surface area contributed by atoms with Crippen molar-refractivity contribution in [2.45, 2.75) is 20.8 Å². The summed E-state index contributed by atoms with van der Waals surface area (Å²) < 4.78 is 0. The Labute approximate surface area is 105 Å². The van der Waals surface area contributed by atoms with Crippen molar-refractivity contribution < 1.29 is 4.79 Å². The summed E-state index contributed by atoms with van der Waals surface area (Å²) in [5, 5.41) is 0.901. The van der Waals surface area contributed by atoms with Crippen LogP contribution in [0.1, 0.15) is 30.4 Å². The molecule has 88 valence electrons. The second kappa shape index (κ2) is 4.41. The maximum Gasteiger partial charge on any atom is 0.179 e. The molecule has 0 aliphatic carbocycles. The highest BCUT2D eigenvalue weighted by molar-refractivity contribution is 7.17. The first-order valence-electron chi connectivity index (χ1n) is 5.54. The number of Topliss-reactive ketones (excluding diaryl/α,β-unsaturated/α-hetero) is 1. The summed E-state index contributed by atoms with van der Waals surface area (Å²) in [4.78, 5) is 17.1. The van der Waals surface area contributed by atoms with Gasteiger partial charge in [0.25, 0.3) is 0 Å². The maximum atomic E-state index is 12.1. The molecule has 1 heterocycles. The fraction of sp³-hybridized carbons (Fsp3) is 0.286. The first-order valence-corrected chi connectivity index (χ1v) is 6.36. The van der Waals surface area contributed by atoms with Gasteiger partial charge in [0, 0.05) is 17.2 Å². The fourth-order valence-corrected chi connectivity index (χ4v) is 2.53. The maximum absolute atomic E-state index is 12.1. The number of carbonyl (C=O) groups is 1. The Balaban J connectivity index is 2.32. The first-order chi connectivity index (χ1) is 7.98. The van der Waals surface area contributed by atoms with Crippen LogP contribution in [0.25, 0.3) is 10.6 Å². The molecule has 0 fully saturated rings. The SMILES string of the molecule is CC(C)(C)C(=O)c1cnc(-c2ccccc2)s1. The van der Waals surface area contributed by atoms with E-state index in [0.29, 0.717) is 0 Å². The van der Waals surface area contributed by atoms with Crippen LogP contribution in [0.3, 0.4) is 0 Å². The molecule has 17 heavy (non-hydrogen) atoms. The van der Waals surface area contributed by atoms with E-state index < -0.39 is 0 Å². The lowest BCUT2D eigenvalue weighted by atomic mass is 9.90. The molecule has 2 rings (SSSR count). The van der Waals surface area contributed by atoms with E-state index in [2.05, 4.69) is 4.98 Å². The Hall–Kier alpha value is -1.48. The molecule has 0 bridgehead atoms. The summed E-state index contributed by atoms with van der Waals surface area (Å²) in [5.74, 6) is 0.150. The molecule has 0 spiro atoms. The molecule has 3 heteroatoms. The number of thiazole rings is 1. The minimum atomic E-state index is -0.347. The molecule has 0 aliphatic heterocycles. The van der Waals surface area contributed by atoms with Gasteiger partial charge < -0.3 is 0 Å². The van der Waals surface area contributed by atoms with E-state index in [1.807, 2.05) is 51.1 Å². The van der Waals surface area contributed by atoms with Crippen LogP contribution < -0.4 is 0 Å². The standard InChI is InChI=1S/C14H15NOS/c1-14(2,3)12(16)11-9-15-13(17-11)10-7-5-4-6-8-10/h4-9H,1-3H3. The van der Waals surface area contributed by atoms with E-state index in [1.165, 1.54) is 11.3 Å². The highest BCUT2D eigenvalue weighted by Crippen LogP contribution is 2.29. The number of nitrogens with zero attached hydrogens (tertiary/aromatic N) is 1. The van der Waals surface area contributed by atoms with Crippen molar-refractivity contribution in [2.75, 3.05) is 0 Å². The van der Waals surface area contributed by atoms with Gasteiger partial charge in [-0.3, -0.25) is 4.79 Å². The average molecular weight is 245 g/mol. The van der Waals surface area contributed by atoms with Crippen molar-refractivity contribution in [1.82, 2.24) is 4.98 Å². The third-order valence-electron chi connectivity index (χ3n) is 2.43. The van der Waals surface area contributed by atoms with Gasteiger partial charge in [0.2, 0.25) is 0 Å². The van der Waals surface area contributed by atoms with Crippen molar-refractivity contribution >= 4 is 17.1 Å². The Bertz CT molecular complexity index is 523. The molecule has 0 N–H and O–H groups in total. The lowest BCUT2D eigenvalue weighted by Crippen LogP contribution is -2.18. The number of hydrogen-bond donors (Lipinski definition) is 0. The minimum Gasteiger partial charge on any atom is -0.293 e. The van der Waals surface area contributed by atoms with Crippen LogP contribution >= 0.6 is 11.3 Å². The fourth-order valence-electron chi connectivity index (χ4n) is 1.46. The van der Waals surface area contributed by atoms with Crippen LogP contribution in [-0.4, -0.2) is 10.8 Å². The van der Waals surface area contributed by atoms with Crippen LogP contribution in [-0.2, 0) is 0 Å². The predicted octanol–water partition coefficient (Wildman–Crippen LogP) is 4.04. The molecule has 1 aromatic carbocycles. The molecule has 0 radical (unpaired) electrons. The van der Waals surface area contributed by atoms with Crippen LogP contribution in [0.5, 0.6) is 0 Å². The second-order valence-corrected chi connectivity index (χ2v) is 6.01. The molecular weight excluding hydrogens is 230 g/mol. The monoisotopic (exact) mass is 245 g/mol. The van der Waals surface area contributed by atoms with E-state index in [-0.39, 0.29) is 11.2 Å². The smallest absolute Gasteiger partial charge is 0.179 e. The summed E-state index contributed by atoms with van der Waals surface area (Å²) in [6.07, 6.45) is 1.68. The van der Waals surface area contributed by atoms with Gasteiger partial charge >= 0.3 is 0 Å². The van der Waals surface area contributed by atoms with Gasteiger partial charge in [-0.05, 0) is 0 Å². The molecule has 1 aromatic heterocycles. The number of rotatable bonds is 2. The highest BCUT2D eigenvalue weighted by Gasteiger charge is 2.24. The van der Waals surface area contributed by atoms with Gasteiger partial charge in [0.15, 0.2) is 5.78 Å². The Morgan fingerprint density at radius 3 is 2.41 bits per heavy atom. The topological polar surface area (TPSA) is 30.0 Å². The molecule has 2 aromatic rings. The van der Waals surface area contributed by atoms with E-state index >= 15 is 0 Å². The van der Waals surface area contributed by atoms with E-state index in [9.17, 15) is 4.79 Å². The van der Waals surface area contributed by atoms with E-state index in [1.54, 1.807) is 6.20 Å². The van der Waals surface area contributed by atoms with Crippen LogP contribution in [0.4, 0.5) is 0 Å². The summed E-state index contributed by atoms with van der Waals surface area (Å²) in [6.45, 7) is 5.78. The lowest BCUT2D eigenvalue weighted by Gasteiger charge is -2.14. The molecule has 0 unspecified atom stereocenters. The predicted molar refractivity (Wildman–Crippen MR) is 71.3 cm³/mol. The zero-order chi connectivity index (χ0) is 12.5. The largest absolute Gasteiger partial charge is 0.293 e. The molecule has 0 aliphatic rings. The molecule has 2 nitrogen and oxygen atoms in total. The van der Waals surface area contributed by atoms with Crippen LogP contribution in [0.2, 0.25) is 0 Å². The van der Waals surface area contributed by atoms with Gasteiger partial charge in [-0.15, -0.1) is 11.3 Å². The van der Waals surface area contributed by atoms with Gasteiger partial charge in [-0.25, -0.2) is 4.98 Å². The molecule has 0 saturated carbocycles. The van der Waals surface area contributed by atoms with E-state index in [0.717, 1.165) is 15.4 Å². The normalized spacial score (nSPS) is 11.5. The van der Waals surface area contributed by atoms with E-state index in [4.69, 9.17) is 0 Å². The van der Waals surface area contributed by atoms with Crippen LogP contribution in [0, 0.1) is 5.41 Å². The zero-order valence-electron chi connectivity index (χ0n) is 10.2. The third-order valence-corrected chi connectivity index (χ3v) is 3.48. The number of aromatic nitrogens is 1. The van der Waals surface area contributed by atoms with Crippen molar-refractivity contribution in [2.24, 2.45) is 5.41 Å². The highest BCUT2D eigenvalue weighted by atomic mass is 32.1. The van der Waals surface area contributed by atoms with Crippen molar-refractivity contribution in [1.29, 1.82) is 0 Å². The van der Waals surface area contributed by atoms with Crippen molar-refractivity contribution in [3.8, 4) is 10.6 Å². The number of ketones is 1. The number of benzene rings is 1. The zero-order valence-corrected chi connectivity index (χ0v) is 11.0. The van der Waals surface area contributed by atoms with Crippen molar-refractivity contribution in [3.63, 3.8) is 0 Å². The molecule has 0 atom stereocenters. The first kappa shape index (κ1) is 12.0. The van der Waals surface area contributed by atoms with Crippen LogP contribution in [0.15, 0.2) is 36.5 Å². The summed E-state index contributed by atoms with van der Waals surface area (Å²) in [6, 6.07) is 9.93.